The lowest BCUT2D eigenvalue weighted by Gasteiger charge is -2.06. The molecule has 0 aliphatic heterocycles. The number of carbonyl (C=O) groups excluding carboxylic acids is 1. The maximum atomic E-state index is 11.5. The zero-order valence-electron chi connectivity index (χ0n) is 11.0. The molecule has 2 aromatic rings. The molecule has 112 valence electrons. The van der Waals surface area contributed by atoms with Gasteiger partial charge in [-0.3, -0.25) is 0 Å². The third-order valence-corrected chi connectivity index (χ3v) is 3.17. The first kappa shape index (κ1) is 14.9. The number of urea groups is 1. The summed E-state index contributed by atoms with van der Waals surface area (Å²) in [6, 6.07) is -0.288. The summed E-state index contributed by atoms with van der Waals surface area (Å²) in [5.74, 6) is -1.13. The van der Waals surface area contributed by atoms with E-state index in [4.69, 9.17) is 5.11 Å². The lowest BCUT2D eigenvalue weighted by Crippen LogP contribution is -2.38. The lowest BCUT2D eigenvalue weighted by atomic mass is 10.3. The van der Waals surface area contributed by atoms with E-state index in [1.54, 1.807) is 5.51 Å². The van der Waals surface area contributed by atoms with Crippen molar-refractivity contribution in [1.82, 2.24) is 30.6 Å². The number of thiazole rings is 1. The summed E-state index contributed by atoms with van der Waals surface area (Å²) in [6.07, 6.45) is 1.99. The lowest BCUT2D eigenvalue weighted by molar-refractivity contribution is 0.0690. The van der Waals surface area contributed by atoms with Crippen LogP contribution in [0.15, 0.2) is 17.1 Å². The van der Waals surface area contributed by atoms with Crippen LogP contribution in [0.3, 0.4) is 0 Å². The molecule has 2 rings (SSSR count). The molecule has 2 amide bonds. The molecular weight excluding hydrogens is 296 g/mol. The Bertz CT molecular complexity index is 597. The van der Waals surface area contributed by atoms with Gasteiger partial charge in [0.2, 0.25) is 0 Å². The summed E-state index contributed by atoms with van der Waals surface area (Å²) in [5, 5.41) is 23.1. The number of amides is 2. The van der Waals surface area contributed by atoms with Gasteiger partial charge in [0, 0.05) is 24.9 Å². The average molecular weight is 310 g/mol. The van der Waals surface area contributed by atoms with Crippen molar-refractivity contribution in [1.29, 1.82) is 0 Å². The molecule has 0 bridgehead atoms. The third kappa shape index (κ3) is 4.84. The van der Waals surface area contributed by atoms with E-state index >= 15 is 0 Å². The van der Waals surface area contributed by atoms with E-state index in [1.807, 2.05) is 5.38 Å². The highest BCUT2D eigenvalue weighted by Gasteiger charge is 2.08. The molecule has 0 atom stereocenters. The molecule has 0 aliphatic carbocycles. The first-order valence-corrected chi connectivity index (χ1v) is 7.11. The maximum Gasteiger partial charge on any atom is 0.358 e. The van der Waals surface area contributed by atoms with Crippen LogP contribution in [0.25, 0.3) is 0 Å². The molecule has 0 saturated carbocycles. The molecule has 0 aliphatic rings. The number of aromatic carboxylic acids is 1. The molecule has 2 heterocycles. The van der Waals surface area contributed by atoms with Crippen LogP contribution in [0.4, 0.5) is 4.79 Å². The Morgan fingerprint density at radius 1 is 1.33 bits per heavy atom. The molecule has 3 N–H and O–H groups in total. The van der Waals surface area contributed by atoms with Gasteiger partial charge in [-0.15, -0.1) is 16.4 Å². The van der Waals surface area contributed by atoms with Crippen LogP contribution in [0.5, 0.6) is 0 Å². The Kier molecular flexibility index (Phi) is 5.21. The van der Waals surface area contributed by atoms with Gasteiger partial charge in [-0.05, 0) is 0 Å². The fourth-order valence-corrected chi connectivity index (χ4v) is 2.11. The third-order valence-electron chi connectivity index (χ3n) is 2.53. The van der Waals surface area contributed by atoms with E-state index in [0.717, 1.165) is 5.69 Å². The molecule has 0 radical (unpaired) electrons. The normalized spacial score (nSPS) is 10.3. The Morgan fingerprint density at radius 2 is 2.14 bits per heavy atom. The first-order valence-electron chi connectivity index (χ1n) is 6.17. The van der Waals surface area contributed by atoms with Crippen LogP contribution < -0.4 is 10.6 Å². The summed E-state index contributed by atoms with van der Waals surface area (Å²) in [7, 11) is 0. The molecular formula is C11H14N6O3S. The predicted octanol–water partition coefficient (Wildman–Crippen LogP) is -0.0253. The summed E-state index contributed by atoms with van der Waals surface area (Å²) in [4.78, 5) is 26.2. The number of nitrogens with zero attached hydrogens (tertiary/aromatic N) is 4. The second-order valence-electron chi connectivity index (χ2n) is 4.08. The van der Waals surface area contributed by atoms with Crippen LogP contribution in [0.2, 0.25) is 0 Å². The molecule has 0 unspecified atom stereocenters. The Hall–Kier alpha value is -2.49. The van der Waals surface area contributed by atoms with Crippen molar-refractivity contribution in [2.24, 2.45) is 0 Å². The number of nitrogens with one attached hydrogen (secondary N) is 2. The van der Waals surface area contributed by atoms with Gasteiger partial charge in [-0.25, -0.2) is 19.3 Å². The van der Waals surface area contributed by atoms with Crippen LogP contribution >= 0.6 is 11.3 Å². The highest BCUT2D eigenvalue weighted by molar-refractivity contribution is 7.07. The Morgan fingerprint density at radius 3 is 2.81 bits per heavy atom. The second kappa shape index (κ2) is 7.33. The molecule has 2 aromatic heterocycles. The largest absolute Gasteiger partial charge is 0.476 e. The standard InChI is InChI=1S/C11H14N6O3S/c18-10(19)9-5-17(16-15-9)4-3-13-11(20)12-2-1-8-6-21-7-14-8/h5-7H,1-4H2,(H,18,19)(H2,12,13,20). The zero-order chi connectivity index (χ0) is 15.1. The predicted molar refractivity (Wildman–Crippen MR) is 74.2 cm³/mol. The summed E-state index contributed by atoms with van der Waals surface area (Å²) in [5.41, 5.74) is 2.57. The maximum absolute atomic E-state index is 11.5. The van der Waals surface area contributed by atoms with Crippen LogP contribution in [0.1, 0.15) is 16.2 Å². The number of carboxylic acids is 1. The van der Waals surface area contributed by atoms with Crippen molar-refractivity contribution in [3.05, 3.63) is 28.5 Å². The second-order valence-corrected chi connectivity index (χ2v) is 4.80. The van der Waals surface area contributed by atoms with Crippen molar-refractivity contribution in [2.75, 3.05) is 13.1 Å². The number of carboxylic acid groups (broad SMARTS) is 1. The quantitative estimate of drug-likeness (QED) is 0.660. The Labute approximate surface area is 124 Å². The number of aromatic nitrogens is 4. The SMILES string of the molecule is O=C(NCCc1cscn1)NCCn1cc(C(=O)O)nn1. The molecule has 0 saturated heterocycles. The fraction of sp³-hybridized carbons (Fsp3) is 0.364. The topological polar surface area (TPSA) is 122 Å². The smallest absolute Gasteiger partial charge is 0.358 e. The van der Waals surface area contributed by atoms with Crippen molar-refractivity contribution >= 4 is 23.3 Å². The summed E-state index contributed by atoms with van der Waals surface area (Å²) < 4.78 is 1.36. The first-order chi connectivity index (χ1) is 10.1. The minimum Gasteiger partial charge on any atom is -0.476 e. The molecule has 0 fully saturated rings. The highest BCUT2D eigenvalue weighted by atomic mass is 32.1. The van der Waals surface area contributed by atoms with E-state index < -0.39 is 5.97 Å². The number of hydrogen-bond acceptors (Lipinski definition) is 6. The molecule has 9 nitrogen and oxygen atoms in total. The van der Waals surface area contributed by atoms with Crippen molar-refractivity contribution in [3.63, 3.8) is 0 Å². The van der Waals surface area contributed by atoms with Crippen molar-refractivity contribution < 1.29 is 14.7 Å². The minimum atomic E-state index is -1.13. The number of carbonyl (C=O) groups is 2. The van der Waals surface area contributed by atoms with E-state index in [-0.39, 0.29) is 11.7 Å². The minimum absolute atomic E-state index is 0.122. The van der Waals surface area contributed by atoms with Crippen LogP contribution in [0, 0.1) is 0 Å². The van der Waals surface area contributed by atoms with Gasteiger partial charge >= 0.3 is 12.0 Å². The Balaban J connectivity index is 1.61. The molecule has 21 heavy (non-hydrogen) atoms. The van der Waals surface area contributed by atoms with E-state index in [0.29, 0.717) is 26.1 Å². The van der Waals surface area contributed by atoms with Crippen molar-refractivity contribution in [3.8, 4) is 0 Å². The van der Waals surface area contributed by atoms with Crippen LogP contribution in [-0.2, 0) is 13.0 Å². The molecule has 0 aromatic carbocycles. The van der Waals surface area contributed by atoms with E-state index in [2.05, 4.69) is 25.9 Å². The fourth-order valence-electron chi connectivity index (χ4n) is 1.52. The average Bonchev–Trinajstić information content (AvgIpc) is 3.09. The number of hydrogen-bond donors (Lipinski definition) is 3. The molecule has 0 spiro atoms. The van der Waals surface area contributed by atoms with Gasteiger partial charge in [0.15, 0.2) is 5.69 Å². The van der Waals surface area contributed by atoms with Gasteiger partial charge in [0.1, 0.15) is 0 Å². The van der Waals surface area contributed by atoms with Gasteiger partial charge in [0.25, 0.3) is 0 Å². The zero-order valence-corrected chi connectivity index (χ0v) is 11.8. The monoisotopic (exact) mass is 310 g/mol. The molecule has 10 heteroatoms. The van der Waals surface area contributed by atoms with Crippen LogP contribution in [-0.4, -0.2) is 50.2 Å². The number of rotatable bonds is 7. The van der Waals surface area contributed by atoms with Gasteiger partial charge in [0.05, 0.1) is 23.9 Å². The van der Waals surface area contributed by atoms with Crippen molar-refractivity contribution in [2.45, 2.75) is 13.0 Å². The van der Waals surface area contributed by atoms with Gasteiger partial charge < -0.3 is 15.7 Å². The van der Waals surface area contributed by atoms with Gasteiger partial charge in [-0.2, -0.15) is 0 Å². The van der Waals surface area contributed by atoms with E-state index in [9.17, 15) is 9.59 Å². The highest BCUT2D eigenvalue weighted by Crippen LogP contribution is 2.00. The summed E-state index contributed by atoms with van der Waals surface area (Å²) in [6.45, 7) is 1.17. The van der Waals surface area contributed by atoms with E-state index in [1.165, 1.54) is 22.2 Å². The van der Waals surface area contributed by atoms with Gasteiger partial charge in [-0.1, -0.05) is 5.21 Å². The summed E-state index contributed by atoms with van der Waals surface area (Å²) >= 11 is 1.52.